The van der Waals surface area contributed by atoms with Gasteiger partial charge in [0.2, 0.25) is 0 Å². The van der Waals surface area contributed by atoms with E-state index in [4.69, 9.17) is 0 Å². The standard InChI is InChI=1S/C14H12BrN3O2/c1-10(11-2-8-14(9-3-11)18(19)20)16-17-13-6-4-12(15)5-7-13/h2-9,17H,1H3. The summed E-state index contributed by atoms with van der Waals surface area (Å²) in [7, 11) is 0. The van der Waals surface area contributed by atoms with Crippen LogP contribution in [0.1, 0.15) is 12.5 Å². The van der Waals surface area contributed by atoms with Gasteiger partial charge in [-0.25, -0.2) is 0 Å². The Morgan fingerprint density at radius 1 is 1.15 bits per heavy atom. The molecule has 1 N–H and O–H groups in total. The molecule has 0 aliphatic rings. The number of anilines is 1. The van der Waals surface area contributed by atoms with Crippen molar-refractivity contribution in [3.63, 3.8) is 0 Å². The molecule has 0 amide bonds. The predicted octanol–water partition coefficient (Wildman–Crippen LogP) is 4.19. The van der Waals surface area contributed by atoms with Gasteiger partial charge in [0.25, 0.3) is 5.69 Å². The third-order valence-corrected chi connectivity index (χ3v) is 3.22. The van der Waals surface area contributed by atoms with E-state index in [0.717, 1.165) is 21.4 Å². The third kappa shape index (κ3) is 3.64. The zero-order valence-electron chi connectivity index (χ0n) is 10.7. The molecule has 0 radical (unpaired) electrons. The van der Waals surface area contributed by atoms with Gasteiger partial charge in [-0.1, -0.05) is 15.9 Å². The molecule has 0 fully saturated rings. The van der Waals surface area contributed by atoms with Crippen LogP contribution in [0.3, 0.4) is 0 Å². The molecule has 5 nitrogen and oxygen atoms in total. The van der Waals surface area contributed by atoms with Gasteiger partial charge in [0, 0.05) is 16.6 Å². The Labute approximate surface area is 124 Å². The van der Waals surface area contributed by atoms with Crippen molar-refractivity contribution in [2.45, 2.75) is 6.92 Å². The maximum Gasteiger partial charge on any atom is 0.269 e. The number of hydrogen-bond donors (Lipinski definition) is 1. The second-order valence-electron chi connectivity index (χ2n) is 4.12. The minimum absolute atomic E-state index is 0.0717. The number of nitro benzene ring substituents is 1. The molecule has 0 atom stereocenters. The maximum absolute atomic E-state index is 10.6. The fourth-order valence-corrected chi connectivity index (χ4v) is 1.83. The predicted molar refractivity (Wildman–Crippen MR) is 83.1 cm³/mol. The first-order valence-corrected chi connectivity index (χ1v) is 6.66. The van der Waals surface area contributed by atoms with E-state index < -0.39 is 4.92 Å². The fraction of sp³-hybridized carbons (Fsp3) is 0.0714. The Bertz CT molecular complexity index is 636. The molecule has 0 aliphatic carbocycles. The van der Waals surface area contributed by atoms with Crippen LogP contribution in [0.15, 0.2) is 58.1 Å². The molecule has 2 aromatic carbocycles. The van der Waals surface area contributed by atoms with Crippen LogP contribution in [0, 0.1) is 10.1 Å². The van der Waals surface area contributed by atoms with Crippen LogP contribution in [0.25, 0.3) is 0 Å². The molecule has 2 rings (SSSR count). The molecule has 0 saturated heterocycles. The average Bonchev–Trinajstić information content (AvgIpc) is 2.46. The number of nitrogens with zero attached hydrogens (tertiary/aromatic N) is 2. The van der Waals surface area contributed by atoms with E-state index in [0.29, 0.717) is 0 Å². The summed E-state index contributed by atoms with van der Waals surface area (Å²) in [4.78, 5) is 10.2. The molecular weight excluding hydrogens is 322 g/mol. The van der Waals surface area contributed by atoms with Crippen LogP contribution in [-0.2, 0) is 0 Å². The SMILES string of the molecule is CC(=NNc1ccc(Br)cc1)c1ccc([N+](=O)[O-])cc1. The topological polar surface area (TPSA) is 67.5 Å². The summed E-state index contributed by atoms with van der Waals surface area (Å²) in [5, 5.41) is 14.8. The van der Waals surface area contributed by atoms with Crippen molar-refractivity contribution < 1.29 is 4.92 Å². The van der Waals surface area contributed by atoms with Crippen LogP contribution >= 0.6 is 15.9 Å². The van der Waals surface area contributed by atoms with Crippen molar-refractivity contribution in [3.8, 4) is 0 Å². The van der Waals surface area contributed by atoms with E-state index in [1.807, 2.05) is 31.2 Å². The zero-order valence-corrected chi connectivity index (χ0v) is 12.3. The van der Waals surface area contributed by atoms with Crippen molar-refractivity contribution in [1.82, 2.24) is 0 Å². The first-order valence-electron chi connectivity index (χ1n) is 5.87. The number of rotatable bonds is 4. The van der Waals surface area contributed by atoms with Crippen molar-refractivity contribution in [2.24, 2.45) is 5.10 Å². The van der Waals surface area contributed by atoms with Gasteiger partial charge < -0.3 is 0 Å². The summed E-state index contributed by atoms with van der Waals surface area (Å²) in [5.41, 5.74) is 5.47. The van der Waals surface area contributed by atoms with Crippen LogP contribution in [0.2, 0.25) is 0 Å². The van der Waals surface area contributed by atoms with Gasteiger partial charge in [-0.2, -0.15) is 5.10 Å². The molecule has 0 spiro atoms. The highest BCUT2D eigenvalue weighted by Gasteiger charge is 2.05. The van der Waals surface area contributed by atoms with Crippen molar-refractivity contribution >= 4 is 33.0 Å². The number of hydrazone groups is 1. The number of non-ortho nitro benzene ring substituents is 1. The number of benzene rings is 2. The van der Waals surface area contributed by atoms with E-state index in [1.165, 1.54) is 12.1 Å². The summed E-state index contributed by atoms with van der Waals surface area (Å²) >= 11 is 3.36. The molecule has 20 heavy (non-hydrogen) atoms. The Balaban J connectivity index is 2.09. The zero-order chi connectivity index (χ0) is 14.5. The van der Waals surface area contributed by atoms with Crippen molar-refractivity contribution in [3.05, 3.63) is 68.7 Å². The Morgan fingerprint density at radius 2 is 1.75 bits per heavy atom. The van der Waals surface area contributed by atoms with Crippen molar-refractivity contribution in [1.29, 1.82) is 0 Å². The van der Waals surface area contributed by atoms with Crippen LogP contribution < -0.4 is 5.43 Å². The van der Waals surface area contributed by atoms with E-state index in [-0.39, 0.29) is 5.69 Å². The smallest absolute Gasteiger partial charge is 0.269 e. The maximum atomic E-state index is 10.6. The minimum Gasteiger partial charge on any atom is -0.278 e. The Hall–Kier alpha value is -2.21. The van der Waals surface area contributed by atoms with E-state index in [9.17, 15) is 10.1 Å². The summed E-state index contributed by atoms with van der Waals surface area (Å²) in [6.45, 7) is 1.84. The highest BCUT2D eigenvalue weighted by atomic mass is 79.9. The highest BCUT2D eigenvalue weighted by Crippen LogP contribution is 2.15. The summed E-state index contributed by atoms with van der Waals surface area (Å²) in [6.07, 6.45) is 0. The normalized spacial score (nSPS) is 11.2. The highest BCUT2D eigenvalue weighted by molar-refractivity contribution is 9.10. The van der Waals surface area contributed by atoms with E-state index >= 15 is 0 Å². The molecule has 6 heteroatoms. The molecule has 2 aromatic rings. The number of halogens is 1. The lowest BCUT2D eigenvalue weighted by atomic mass is 10.1. The monoisotopic (exact) mass is 333 g/mol. The first-order chi connectivity index (χ1) is 9.56. The van der Waals surface area contributed by atoms with Gasteiger partial charge in [0.15, 0.2) is 0 Å². The molecule has 0 aromatic heterocycles. The largest absolute Gasteiger partial charge is 0.278 e. The quantitative estimate of drug-likeness (QED) is 0.518. The lowest BCUT2D eigenvalue weighted by molar-refractivity contribution is -0.384. The van der Waals surface area contributed by atoms with E-state index in [1.54, 1.807) is 12.1 Å². The van der Waals surface area contributed by atoms with Crippen LogP contribution in [-0.4, -0.2) is 10.6 Å². The van der Waals surface area contributed by atoms with Gasteiger partial charge in [0.05, 0.1) is 16.3 Å². The number of nitro groups is 1. The molecule has 102 valence electrons. The second kappa shape index (κ2) is 6.29. The van der Waals surface area contributed by atoms with Gasteiger partial charge in [-0.15, -0.1) is 0 Å². The third-order valence-electron chi connectivity index (χ3n) is 2.69. The second-order valence-corrected chi connectivity index (χ2v) is 5.04. The van der Waals surface area contributed by atoms with Gasteiger partial charge in [0.1, 0.15) is 0 Å². The molecule has 0 heterocycles. The average molecular weight is 334 g/mol. The molecular formula is C14H12BrN3O2. The Kier molecular flexibility index (Phi) is 4.47. The minimum atomic E-state index is -0.420. The number of nitrogens with one attached hydrogen (secondary N) is 1. The lowest BCUT2D eigenvalue weighted by Gasteiger charge is -2.03. The van der Waals surface area contributed by atoms with Crippen LogP contribution in [0.4, 0.5) is 11.4 Å². The van der Waals surface area contributed by atoms with Gasteiger partial charge >= 0.3 is 0 Å². The lowest BCUT2D eigenvalue weighted by Crippen LogP contribution is -2.00. The number of hydrogen-bond acceptors (Lipinski definition) is 4. The van der Waals surface area contributed by atoms with E-state index in [2.05, 4.69) is 26.5 Å². The summed E-state index contributed by atoms with van der Waals surface area (Å²) in [6, 6.07) is 13.9. The van der Waals surface area contributed by atoms with Gasteiger partial charge in [-0.05, 0) is 48.9 Å². The molecule has 0 aliphatic heterocycles. The van der Waals surface area contributed by atoms with Crippen molar-refractivity contribution in [2.75, 3.05) is 5.43 Å². The Morgan fingerprint density at radius 3 is 2.30 bits per heavy atom. The molecule has 0 bridgehead atoms. The van der Waals surface area contributed by atoms with Crippen LogP contribution in [0.5, 0.6) is 0 Å². The summed E-state index contributed by atoms with van der Waals surface area (Å²) < 4.78 is 0.999. The summed E-state index contributed by atoms with van der Waals surface area (Å²) in [5.74, 6) is 0. The molecule has 0 unspecified atom stereocenters. The first kappa shape index (κ1) is 14.2. The molecule has 0 saturated carbocycles. The van der Waals surface area contributed by atoms with Gasteiger partial charge in [-0.3, -0.25) is 15.5 Å². The fourth-order valence-electron chi connectivity index (χ4n) is 1.56.